The fourth-order valence-electron chi connectivity index (χ4n) is 20.8. The van der Waals surface area contributed by atoms with Crippen molar-refractivity contribution in [1.29, 1.82) is 0 Å². The first kappa shape index (κ1) is 111. The molecule has 0 aromatic heterocycles. The maximum Gasteiger partial charge on any atom is 0.309 e. The molecule has 0 aromatic carbocycles. The standard InChI is InChI=1S/C82H126O40/c1-23-64(4,44(85)86)25-66(6,46(89)90)27-68(8,48(93)94)29-70(10,50(97)98)31-72(12,52(101)102)33-74(14,54(105)106)35-76(16,56(109)110)37-78(18,58(113)114)39-80(20,60(117)118)41-82(22,62(121)122)42-81(21,61(119)120)40-79(19,59(115)116)38-77(17,57(111)112)36-75(15,55(107)108)34-73(13,53(103)104)32-71(11,51(99)100)30-69(9,49(95)96)28-67(7,47(91)92)26-65(5,45(87)88)24-63(2,3)43(83)84/h23-42H2,1-22H3,(H,83,84)(H,85,86)(H,87,88)(H,89,90)(H,91,92)(H,93,94)(H,95,96)(H,97,98)(H,99,100)(H,101,102)(H,103,104)(H,105,106)(H,107,108)(H,109,110)(H,111,112)(H,113,114)(H,115,116)(H,117,118)(H,119,120)(H,121,122). The third-order valence-electron chi connectivity index (χ3n) is 26.0. The number of rotatable bonds is 59. The van der Waals surface area contributed by atoms with Crippen LogP contribution in [0.3, 0.4) is 0 Å². The number of carboxylic acid groups (broad SMARTS) is 20. The van der Waals surface area contributed by atoms with E-state index in [9.17, 15) is 198 Å². The molecule has 122 heavy (non-hydrogen) atoms. The monoisotopic (exact) mass is 1750 g/mol. The van der Waals surface area contributed by atoms with Crippen molar-refractivity contribution >= 4 is 119 Å². The molecule has 694 valence electrons. The molecule has 0 saturated carbocycles. The molecule has 0 heterocycles. The summed E-state index contributed by atoms with van der Waals surface area (Å²) in [6.45, 7) is 19.8. The highest BCUT2D eigenvalue weighted by molar-refractivity contribution is 5.89. The summed E-state index contributed by atoms with van der Waals surface area (Å²) in [5.74, 6) is -38.3. The van der Waals surface area contributed by atoms with Crippen molar-refractivity contribution in [2.45, 2.75) is 281 Å². The maximum atomic E-state index is 13.8. The molecule has 0 fully saturated rings. The van der Waals surface area contributed by atoms with Crippen molar-refractivity contribution in [1.82, 2.24) is 0 Å². The quantitative estimate of drug-likeness (QED) is 0.0269. The molecule has 40 nitrogen and oxygen atoms in total. The molecule has 20 N–H and O–H groups in total. The van der Waals surface area contributed by atoms with Gasteiger partial charge in [-0.15, -0.1) is 0 Å². The van der Waals surface area contributed by atoms with E-state index in [2.05, 4.69) is 0 Å². The van der Waals surface area contributed by atoms with Crippen molar-refractivity contribution in [3.63, 3.8) is 0 Å². The van der Waals surface area contributed by atoms with Gasteiger partial charge in [-0.2, -0.15) is 0 Å². The van der Waals surface area contributed by atoms with Crippen molar-refractivity contribution in [3.8, 4) is 0 Å². The summed E-state index contributed by atoms with van der Waals surface area (Å²) in [6.07, 6.45) is -23.0. The molecule has 0 aliphatic carbocycles. The van der Waals surface area contributed by atoms with Gasteiger partial charge in [0.15, 0.2) is 0 Å². The Balaban J connectivity index is 8.32. The van der Waals surface area contributed by atoms with Gasteiger partial charge in [0.2, 0.25) is 0 Å². The molecule has 0 aliphatic rings. The lowest BCUT2D eigenvalue weighted by atomic mass is 9.55. The van der Waals surface area contributed by atoms with E-state index in [1.807, 2.05) is 0 Å². The van der Waals surface area contributed by atoms with Crippen LogP contribution in [-0.4, -0.2) is 222 Å². The highest BCUT2D eigenvalue weighted by Crippen LogP contribution is 2.61. The SMILES string of the molecule is CCC(C)(CC(C)(CC(C)(CC(C)(CC(C)(CC(C)(CC(C)(CC(C)(CC(C)(CC(C)(CC(C)(CC(C)(CC(C)(CC(C)(CC(C)(CC(C)(CC(C)(CC(C)(CC(C)(CC(C)(C)C(=O)O)C(=O)O)C(=O)O)C(=O)O)C(=O)O)C(=O)O)C(=O)O)C(=O)O)C(=O)O)C(=O)O)C(=O)O)C(=O)O)C(=O)O)C(=O)O)C(=O)O)C(=O)O)C(=O)O)C(=O)O)C(=O)O)C(=O)O. The van der Waals surface area contributed by atoms with Gasteiger partial charge in [-0.25, -0.2) is 0 Å². The van der Waals surface area contributed by atoms with Gasteiger partial charge in [-0.1, -0.05) is 6.92 Å². The summed E-state index contributed by atoms with van der Waals surface area (Å²) in [4.78, 5) is 269. The smallest absolute Gasteiger partial charge is 0.309 e. The Morgan fingerprint density at radius 1 is 0.123 bits per heavy atom. The first-order valence-electron chi connectivity index (χ1n) is 38.6. The van der Waals surface area contributed by atoms with Gasteiger partial charge in [-0.3, -0.25) is 95.9 Å². The van der Waals surface area contributed by atoms with Crippen LogP contribution in [0.4, 0.5) is 0 Å². The third-order valence-corrected chi connectivity index (χ3v) is 26.0. The Labute approximate surface area is 703 Å². The topological polar surface area (TPSA) is 746 Å². The average Bonchev–Trinajstić information content (AvgIpc) is 0.759. The molecule has 0 spiro atoms. The second-order valence-corrected chi connectivity index (χ2v) is 41.4. The van der Waals surface area contributed by atoms with E-state index in [0.717, 1.165) is 138 Å². The van der Waals surface area contributed by atoms with Gasteiger partial charge in [-0.05, 0) is 274 Å². The summed E-state index contributed by atoms with van der Waals surface area (Å²) in [5.41, 5.74) is -51.7. The number of aliphatic carboxylic acids is 20. The molecule has 0 radical (unpaired) electrons. The van der Waals surface area contributed by atoms with Gasteiger partial charge in [0, 0.05) is 0 Å². The lowest BCUT2D eigenvalue weighted by Crippen LogP contribution is -2.51. The van der Waals surface area contributed by atoms with E-state index >= 15 is 0 Å². The lowest BCUT2D eigenvalue weighted by Gasteiger charge is -2.46. The van der Waals surface area contributed by atoms with Gasteiger partial charge in [0.05, 0.1) is 108 Å². The van der Waals surface area contributed by atoms with Crippen LogP contribution in [0.1, 0.15) is 281 Å². The molecule has 0 amide bonds. The van der Waals surface area contributed by atoms with Gasteiger partial charge < -0.3 is 102 Å². The van der Waals surface area contributed by atoms with Crippen molar-refractivity contribution in [2.24, 2.45) is 108 Å². The Hall–Kier alpha value is -10.6. The zero-order valence-electron chi connectivity index (χ0n) is 73.3. The summed E-state index contributed by atoms with van der Waals surface area (Å²) >= 11 is 0. The Kier molecular flexibility index (Phi) is 33.6. The number of hydrogen-bond acceptors (Lipinski definition) is 20. The predicted molar refractivity (Wildman–Crippen MR) is 419 cm³/mol. The van der Waals surface area contributed by atoms with Crippen LogP contribution in [0.15, 0.2) is 0 Å². The minimum atomic E-state index is -2.85. The molecule has 0 saturated heterocycles. The van der Waals surface area contributed by atoms with Gasteiger partial charge in [0.25, 0.3) is 0 Å². The summed E-state index contributed by atoms with van der Waals surface area (Å²) in [6, 6.07) is 0. The minimum absolute atomic E-state index is 0.169. The van der Waals surface area contributed by atoms with Crippen LogP contribution < -0.4 is 0 Å². The van der Waals surface area contributed by atoms with Crippen LogP contribution in [0, 0.1) is 108 Å². The molecule has 19 unspecified atom stereocenters. The van der Waals surface area contributed by atoms with E-state index in [0.29, 0.717) is 0 Å². The highest BCUT2D eigenvalue weighted by Gasteiger charge is 2.64. The van der Waals surface area contributed by atoms with E-state index in [1.165, 1.54) is 13.8 Å². The molecule has 0 aromatic rings. The maximum absolute atomic E-state index is 13.8. The molecule has 0 bridgehead atoms. The summed E-state index contributed by atoms with van der Waals surface area (Å²) < 4.78 is 0. The van der Waals surface area contributed by atoms with E-state index in [4.69, 9.17) is 0 Å². The zero-order valence-corrected chi connectivity index (χ0v) is 73.3. The van der Waals surface area contributed by atoms with Crippen molar-refractivity contribution in [3.05, 3.63) is 0 Å². The average molecular weight is 1750 g/mol. The largest absolute Gasteiger partial charge is 0.481 e. The summed E-state index contributed by atoms with van der Waals surface area (Å²) in [7, 11) is 0. The fourth-order valence-corrected chi connectivity index (χ4v) is 20.8. The van der Waals surface area contributed by atoms with Gasteiger partial charge >= 0.3 is 119 Å². The minimum Gasteiger partial charge on any atom is -0.481 e. The fraction of sp³-hybridized carbons (Fsp3) is 0.756. The van der Waals surface area contributed by atoms with Crippen molar-refractivity contribution < 1.29 is 198 Å². The first-order valence-corrected chi connectivity index (χ1v) is 38.6. The van der Waals surface area contributed by atoms with Crippen LogP contribution in [-0.2, 0) is 95.9 Å². The van der Waals surface area contributed by atoms with E-state index in [1.54, 1.807) is 0 Å². The zero-order chi connectivity index (χ0) is 97.7. The highest BCUT2D eigenvalue weighted by atomic mass is 16.4. The van der Waals surface area contributed by atoms with Crippen LogP contribution >= 0.6 is 0 Å². The van der Waals surface area contributed by atoms with E-state index < -0.39 is 350 Å². The summed E-state index contributed by atoms with van der Waals surface area (Å²) in [5, 5.41) is 217. The Bertz CT molecular complexity index is 4090. The molecular formula is C82H126O40. The molecule has 0 aliphatic heterocycles. The molecule has 40 heteroatoms. The van der Waals surface area contributed by atoms with Gasteiger partial charge in [0.1, 0.15) is 0 Å². The number of carboxylic acids is 20. The predicted octanol–water partition coefficient (Wildman–Crippen LogP) is 10.6. The number of carbonyl (C=O) groups is 20. The van der Waals surface area contributed by atoms with Crippen LogP contribution in [0.5, 0.6) is 0 Å². The Morgan fingerprint density at radius 3 is 0.246 bits per heavy atom. The molecular weight excluding hydrogens is 1620 g/mol. The second kappa shape index (κ2) is 36.8. The third kappa shape index (κ3) is 25.1. The second-order valence-electron chi connectivity index (χ2n) is 41.4. The van der Waals surface area contributed by atoms with E-state index in [-0.39, 0.29) is 6.42 Å². The van der Waals surface area contributed by atoms with Crippen LogP contribution in [0.25, 0.3) is 0 Å². The molecule has 19 atom stereocenters. The molecule has 0 rings (SSSR count). The normalized spacial score (nSPS) is 21.5. The lowest BCUT2D eigenvalue weighted by molar-refractivity contribution is -0.174. The first-order chi connectivity index (χ1) is 53.9. The Morgan fingerprint density at radius 2 is 0.189 bits per heavy atom. The van der Waals surface area contributed by atoms with Crippen molar-refractivity contribution in [2.75, 3.05) is 0 Å². The van der Waals surface area contributed by atoms with Crippen LogP contribution in [0.2, 0.25) is 0 Å². The number of hydrogen-bond donors (Lipinski definition) is 20.